The molecular formula is C25H46O3Si. The van der Waals surface area contributed by atoms with Gasteiger partial charge in [-0.3, -0.25) is 0 Å². The zero-order valence-electron chi connectivity index (χ0n) is 20.2. The second-order valence-electron chi connectivity index (χ2n) is 9.46. The van der Waals surface area contributed by atoms with Gasteiger partial charge in [0, 0.05) is 6.61 Å². The highest BCUT2D eigenvalue weighted by Crippen LogP contribution is 2.44. The van der Waals surface area contributed by atoms with Gasteiger partial charge in [0.15, 0.2) is 0 Å². The standard InChI is InChI=1S/C25H46O3Si/c1-9-13-24(16-17-26)25(22(8)27-18-23-14-11-10-12-15-23)28-29(19(2)3,20(4)5)21(6)7/h10-12,14-15,19-22,24-26H,9,13,16-18H2,1-8H3/t22-,24-,25-/m0/s1. The van der Waals surface area contributed by atoms with Crippen LogP contribution in [0.1, 0.15) is 80.2 Å². The first-order chi connectivity index (χ1) is 13.7. The van der Waals surface area contributed by atoms with Crippen molar-refractivity contribution >= 4 is 8.32 Å². The second-order valence-corrected chi connectivity index (χ2v) is 14.9. The minimum absolute atomic E-state index is 0.0126. The van der Waals surface area contributed by atoms with Gasteiger partial charge in [-0.05, 0) is 47.9 Å². The molecule has 0 amide bonds. The first-order valence-corrected chi connectivity index (χ1v) is 13.8. The number of rotatable bonds is 14. The SMILES string of the molecule is CCC[C@@H](CCO)[C@@H](O[Si](C(C)C)(C(C)C)C(C)C)[C@H](C)OCc1ccccc1. The number of hydrogen-bond acceptors (Lipinski definition) is 3. The molecule has 0 heterocycles. The van der Waals surface area contributed by atoms with E-state index in [1.165, 1.54) is 5.56 Å². The Hall–Kier alpha value is -0.683. The monoisotopic (exact) mass is 422 g/mol. The van der Waals surface area contributed by atoms with E-state index in [-0.39, 0.29) is 18.8 Å². The lowest BCUT2D eigenvalue weighted by molar-refractivity contribution is -0.0595. The summed E-state index contributed by atoms with van der Waals surface area (Å²) in [5, 5.41) is 9.74. The van der Waals surface area contributed by atoms with Crippen molar-refractivity contribution in [2.24, 2.45) is 5.92 Å². The predicted octanol–water partition coefficient (Wildman–Crippen LogP) is 6.95. The van der Waals surface area contributed by atoms with Crippen LogP contribution in [0.15, 0.2) is 30.3 Å². The molecule has 29 heavy (non-hydrogen) atoms. The van der Waals surface area contributed by atoms with Crippen molar-refractivity contribution in [1.82, 2.24) is 0 Å². The van der Waals surface area contributed by atoms with E-state index < -0.39 is 8.32 Å². The van der Waals surface area contributed by atoms with Crippen LogP contribution in [0.5, 0.6) is 0 Å². The molecule has 168 valence electrons. The Kier molecular flexibility index (Phi) is 11.7. The van der Waals surface area contributed by atoms with Crippen molar-refractivity contribution in [1.29, 1.82) is 0 Å². The number of benzene rings is 1. The molecule has 0 bridgehead atoms. The van der Waals surface area contributed by atoms with Crippen molar-refractivity contribution < 1.29 is 14.3 Å². The highest BCUT2D eigenvalue weighted by atomic mass is 28.4. The molecule has 3 atom stereocenters. The summed E-state index contributed by atoms with van der Waals surface area (Å²) >= 11 is 0. The van der Waals surface area contributed by atoms with Crippen LogP contribution in [-0.2, 0) is 15.8 Å². The Balaban J connectivity index is 3.16. The van der Waals surface area contributed by atoms with Gasteiger partial charge in [-0.1, -0.05) is 85.2 Å². The van der Waals surface area contributed by atoms with Crippen LogP contribution >= 0.6 is 0 Å². The summed E-state index contributed by atoms with van der Waals surface area (Å²) in [6, 6.07) is 10.4. The van der Waals surface area contributed by atoms with E-state index in [0.717, 1.165) is 19.3 Å². The average molecular weight is 423 g/mol. The van der Waals surface area contributed by atoms with Crippen molar-refractivity contribution in [2.75, 3.05) is 6.61 Å². The zero-order chi connectivity index (χ0) is 22.0. The quantitative estimate of drug-likeness (QED) is 0.330. The topological polar surface area (TPSA) is 38.7 Å². The average Bonchev–Trinajstić information content (AvgIpc) is 2.67. The molecule has 4 heteroatoms. The van der Waals surface area contributed by atoms with E-state index in [1.54, 1.807) is 0 Å². The van der Waals surface area contributed by atoms with Gasteiger partial charge < -0.3 is 14.3 Å². The van der Waals surface area contributed by atoms with Gasteiger partial charge in [0.2, 0.25) is 8.32 Å². The minimum atomic E-state index is -2.04. The Morgan fingerprint density at radius 1 is 0.862 bits per heavy atom. The number of hydrogen-bond donors (Lipinski definition) is 1. The van der Waals surface area contributed by atoms with Crippen LogP contribution in [-0.4, -0.2) is 32.2 Å². The third-order valence-corrected chi connectivity index (χ3v) is 12.6. The molecule has 1 aromatic carbocycles. The summed E-state index contributed by atoms with van der Waals surface area (Å²) in [6.45, 7) is 19.2. The first kappa shape index (κ1) is 26.4. The fraction of sp³-hybridized carbons (Fsp3) is 0.760. The van der Waals surface area contributed by atoms with Crippen molar-refractivity contribution in [2.45, 2.75) is 110 Å². The largest absolute Gasteiger partial charge is 0.410 e. The third-order valence-electron chi connectivity index (χ3n) is 6.49. The molecule has 1 rings (SSSR count). The van der Waals surface area contributed by atoms with Gasteiger partial charge in [-0.25, -0.2) is 0 Å². The van der Waals surface area contributed by atoms with E-state index in [0.29, 0.717) is 29.1 Å². The Morgan fingerprint density at radius 2 is 1.41 bits per heavy atom. The summed E-state index contributed by atoms with van der Waals surface area (Å²) < 4.78 is 13.6. The molecule has 0 aliphatic carbocycles. The molecule has 0 aliphatic rings. The van der Waals surface area contributed by atoms with Gasteiger partial charge in [-0.2, -0.15) is 0 Å². The molecular weight excluding hydrogens is 376 g/mol. The summed E-state index contributed by atoms with van der Waals surface area (Å²) in [5.74, 6) is 0.318. The van der Waals surface area contributed by atoms with Gasteiger partial charge in [0.25, 0.3) is 0 Å². The Bertz CT molecular complexity index is 516. The molecule has 0 saturated heterocycles. The molecule has 1 N–H and O–H groups in total. The van der Waals surface area contributed by atoms with E-state index in [9.17, 15) is 5.11 Å². The molecule has 3 nitrogen and oxygen atoms in total. The highest BCUT2D eigenvalue weighted by Gasteiger charge is 2.48. The fourth-order valence-electron chi connectivity index (χ4n) is 5.13. The predicted molar refractivity (Wildman–Crippen MR) is 127 cm³/mol. The van der Waals surface area contributed by atoms with E-state index in [4.69, 9.17) is 9.16 Å². The van der Waals surface area contributed by atoms with Crippen LogP contribution < -0.4 is 0 Å². The number of ether oxygens (including phenoxy) is 1. The maximum Gasteiger partial charge on any atom is 0.200 e. The van der Waals surface area contributed by atoms with Crippen LogP contribution in [0.4, 0.5) is 0 Å². The van der Waals surface area contributed by atoms with E-state index >= 15 is 0 Å². The second kappa shape index (κ2) is 12.9. The molecule has 0 aromatic heterocycles. The van der Waals surface area contributed by atoms with Crippen molar-refractivity contribution in [3.63, 3.8) is 0 Å². The molecule has 0 saturated carbocycles. The van der Waals surface area contributed by atoms with Crippen molar-refractivity contribution in [3.8, 4) is 0 Å². The van der Waals surface area contributed by atoms with Gasteiger partial charge in [0.1, 0.15) is 0 Å². The lowest BCUT2D eigenvalue weighted by Crippen LogP contribution is -2.54. The molecule has 1 aromatic rings. The number of aliphatic hydroxyl groups is 1. The Morgan fingerprint density at radius 3 is 1.86 bits per heavy atom. The molecule has 0 fully saturated rings. The van der Waals surface area contributed by atoms with E-state index in [1.807, 2.05) is 6.07 Å². The van der Waals surface area contributed by atoms with Crippen LogP contribution in [0.25, 0.3) is 0 Å². The number of aliphatic hydroxyl groups excluding tert-OH is 1. The zero-order valence-corrected chi connectivity index (χ0v) is 21.2. The molecule has 0 spiro atoms. The highest BCUT2D eigenvalue weighted by molar-refractivity contribution is 6.77. The summed E-state index contributed by atoms with van der Waals surface area (Å²) in [5.41, 5.74) is 2.78. The van der Waals surface area contributed by atoms with Gasteiger partial charge in [0.05, 0.1) is 18.8 Å². The normalized spacial score (nSPS) is 15.9. The molecule has 0 aliphatic heterocycles. The first-order valence-electron chi connectivity index (χ1n) is 11.6. The van der Waals surface area contributed by atoms with Crippen molar-refractivity contribution in [3.05, 3.63) is 35.9 Å². The van der Waals surface area contributed by atoms with Gasteiger partial charge in [-0.15, -0.1) is 0 Å². The van der Waals surface area contributed by atoms with E-state index in [2.05, 4.69) is 79.7 Å². The van der Waals surface area contributed by atoms with Crippen LogP contribution in [0, 0.1) is 5.92 Å². The smallest absolute Gasteiger partial charge is 0.200 e. The van der Waals surface area contributed by atoms with Crippen LogP contribution in [0.3, 0.4) is 0 Å². The lowest BCUT2D eigenvalue weighted by atomic mass is 9.91. The summed E-state index contributed by atoms with van der Waals surface area (Å²) in [6.07, 6.45) is 2.93. The maximum absolute atomic E-state index is 9.74. The fourth-order valence-corrected chi connectivity index (χ4v) is 10.8. The third kappa shape index (κ3) is 7.20. The minimum Gasteiger partial charge on any atom is -0.410 e. The Labute approximate surface area is 181 Å². The molecule has 0 unspecified atom stereocenters. The van der Waals surface area contributed by atoms with Gasteiger partial charge >= 0.3 is 0 Å². The van der Waals surface area contributed by atoms with Crippen LogP contribution in [0.2, 0.25) is 16.6 Å². The lowest BCUT2D eigenvalue weighted by Gasteiger charge is -2.47. The summed E-state index contributed by atoms with van der Waals surface area (Å²) in [7, 11) is -2.04. The molecule has 0 radical (unpaired) electrons. The summed E-state index contributed by atoms with van der Waals surface area (Å²) in [4.78, 5) is 0. The maximum atomic E-state index is 9.74.